The lowest BCUT2D eigenvalue weighted by Crippen LogP contribution is -2.06. The minimum atomic E-state index is 0.753. The Hall–Kier alpha value is -2.39. The molecule has 3 aromatic rings. The molecule has 3 heteroatoms. The highest BCUT2D eigenvalue weighted by molar-refractivity contribution is 5.88. The smallest absolute Gasteiger partial charge is 0.150 e. The van der Waals surface area contributed by atoms with E-state index >= 15 is 0 Å². The lowest BCUT2D eigenvalue weighted by molar-refractivity contribution is 0.477. The van der Waals surface area contributed by atoms with Crippen LogP contribution < -0.4 is 10.1 Å². The van der Waals surface area contributed by atoms with Crippen LogP contribution in [0.25, 0.3) is 10.8 Å². The van der Waals surface area contributed by atoms with Crippen LogP contribution in [0, 0.1) is 0 Å². The van der Waals surface area contributed by atoms with E-state index in [0.717, 1.165) is 29.0 Å². The number of pyridine rings is 1. The van der Waals surface area contributed by atoms with Crippen molar-refractivity contribution < 1.29 is 4.74 Å². The van der Waals surface area contributed by atoms with Crippen LogP contribution in [-0.2, 0) is 6.54 Å². The van der Waals surface area contributed by atoms with Crippen LogP contribution in [0.4, 0.5) is 0 Å². The average Bonchev–Trinajstić information content (AvgIpc) is 2.50. The summed E-state index contributed by atoms with van der Waals surface area (Å²) in [7, 11) is 1.92. The molecule has 0 unspecified atom stereocenters. The van der Waals surface area contributed by atoms with Crippen molar-refractivity contribution in [1.82, 2.24) is 10.3 Å². The van der Waals surface area contributed by atoms with Crippen LogP contribution in [0.15, 0.2) is 60.9 Å². The molecule has 0 radical (unpaired) electrons. The number of ether oxygens (including phenoxy) is 1. The molecule has 3 nitrogen and oxygen atoms in total. The number of nitrogens with zero attached hydrogens (tertiary/aromatic N) is 1. The van der Waals surface area contributed by atoms with Crippen molar-refractivity contribution in [3.8, 4) is 11.5 Å². The molecular formula is C17H16N2O. The molecule has 0 aliphatic rings. The van der Waals surface area contributed by atoms with E-state index < -0.39 is 0 Å². The zero-order valence-electron chi connectivity index (χ0n) is 11.3. The number of hydrogen-bond donors (Lipinski definition) is 1. The Labute approximate surface area is 118 Å². The fourth-order valence-corrected chi connectivity index (χ4v) is 2.24. The molecule has 1 aromatic heterocycles. The molecule has 0 saturated carbocycles. The Bertz CT molecular complexity index is 720. The Morgan fingerprint density at radius 2 is 1.85 bits per heavy atom. The molecule has 3 rings (SSSR count). The minimum absolute atomic E-state index is 0.753. The Morgan fingerprint density at radius 1 is 1.00 bits per heavy atom. The second-order valence-corrected chi connectivity index (χ2v) is 4.59. The fourth-order valence-electron chi connectivity index (χ4n) is 2.24. The van der Waals surface area contributed by atoms with Gasteiger partial charge in [-0.3, -0.25) is 4.98 Å². The van der Waals surface area contributed by atoms with Crippen molar-refractivity contribution in [3.63, 3.8) is 0 Å². The number of benzene rings is 2. The topological polar surface area (TPSA) is 34.2 Å². The summed E-state index contributed by atoms with van der Waals surface area (Å²) in [4.78, 5) is 4.15. The summed E-state index contributed by atoms with van der Waals surface area (Å²) in [6.07, 6.45) is 3.54. The molecule has 0 amide bonds. The summed E-state index contributed by atoms with van der Waals surface area (Å²) in [6.45, 7) is 0.753. The van der Waals surface area contributed by atoms with Crippen LogP contribution in [0.5, 0.6) is 11.5 Å². The van der Waals surface area contributed by atoms with Gasteiger partial charge in [0.15, 0.2) is 0 Å². The largest absolute Gasteiger partial charge is 0.455 e. The number of aromatic nitrogens is 1. The van der Waals surface area contributed by atoms with Crippen molar-refractivity contribution in [2.24, 2.45) is 0 Å². The summed E-state index contributed by atoms with van der Waals surface area (Å²) in [5.74, 6) is 1.65. The van der Waals surface area contributed by atoms with Gasteiger partial charge in [-0.1, -0.05) is 36.4 Å². The lowest BCUT2D eigenvalue weighted by atomic mass is 10.1. The van der Waals surface area contributed by atoms with Crippen LogP contribution >= 0.6 is 0 Å². The SMILES string of the molecule is CNCc1ccncc1Oc1cccc2ccccc12. The fraction of sp³-hybridized carbons (Fsp3) is 0.118. The molecule has 1 heterocycles. The molecule has 0 spiro atoms. The van der Waals surface area contributed by atoms with E-state index in [-0.39, 0.29) is 0 Å². The van der Waals surface area contributed by atoms with E-state index in [1.165, 1.54) is 5.39 Å². The van der Waals surface area contributed by atoms with E-state index in [4.69, 9.17) is 4.74 Å². The molecule has 0 saturated heterocycles. The van der Waals surface area contributed by atoms with Gasteiger partial charge in [-0.25, -0.2) is 0 Å². The van der Waals surface area contributed by atoms with Gasteiger partial charge in [0.2, 0.25) is 0 Å². The van der Waals surface area contributed by atoms with E-state index in [9.17, 15) is 0 Å². The van der Waals surface area contributed by atoms with Crippen LogP contribution in [0.2, 0.25) is 0 Å². The van der Waals surface area contributed by atoms with Gasteiger partial charge in [0, 0.05) is 23.7 Å². The maximum atomic E-state index is 6.07. The van der Waals surface area contributed by atoms with E-state index in [1.807, 2.05) is 37.4 Å². The van der Waals surface area contributed by atoms with Gasteiger partial charge in [-0.15, -0.1) is 0 Å². The molecular weight excluding hydrogens is 248 g/mol. The maximum absolute atomic E-state index is 6.07. The molecule has 0 fully saturated rings. The highest BCUT2D eigenvalue weighted by atomic mass is 16.5. The summed E-state index contributed by atoms with van der Waals surface area (Å²) < 4.78 is 6.07. The Morgan fingerprint density at radius 3 is 2.75 bits per heavy atom. The lowest BCUT2D eigenvalue weighted by Gasteiger charge is -2.12. The molecule has 0 aliphatic carbocycles. The predicted molar refractivity (Wildman–Crippen MR) is 81.0 cm³/mol. The number of nitrogens with one attached hydrogen (secondary N) is 1. The molecule has 100 valence electrons. The summed E-state index contributed by atoms with van der Waals surface area (Å²) >= 11 is 0. The van der Waals surface area contributed by atoms with Gasteiger partial charge >= 0.3 is 0 Å². The van der Waals surface area contributed by atoms with Gasteiger partial charge in [0.1, 0.15) is 11.5 Å². The van der Waals surface area contributed by atoms with Gasteiger partial charge < -0.3 is 10.1 Å². The van der Waals surface area contributed by atoms with Crippen molar-refractivity contribution in [3.05, 3.63) is 66.5 Å². The second kappa shape index (κ2) is 5.72. The van der Waals surface area contributed by atoms with Gasteiger partial charge in [-0.05, 0) is 24.6 Å². The van der Waals surface area contributed by atoms with Gasteiger partial charge in [0.05, 0.1) is 6.20 Å². The molecule has 20 heavy (non-hydrogen) atoms. The molecule has 2 aromatic carbocycles. The normalized spacial score (nSPS) is 10.7. The minimum Gasteiger partial charge on any atom is -0.455 e. The first-order valence-corrected chi connectivity index (χ1v) is 6.61. The quantitative estimate of drug-likeness (QED) is 0.779. The van der Waals surface area contributed by atoms with Gasteiger partial charge in [0.25, 0.3) is 0 Å². The Kier molecular flexibility index (Phi) is 3.61. The van der Waals surface area contributed by atoms with Crippen LogP contribution in [-0.4, -0.2) is 12.0 Å². The first-order valence-electron chi connectivity index (χ1n) is 6.61. The molecule has 0 bridgehead atoms. The van der Waals surface area contributed by atoms with Crippen molar-refractivity contribution in [1.29, 1.82) is 0 Å². The standard InChI is InChI=1S/C17H16N2O/c1-18-11-14-9-10-19-12-17(14)20-16-8-4-6-13-5-2-3-7-15(13)16/h2-10,12,18H,11H2,1H3. The highest BCUT2D eigenvalue weighted by Crippen LogP contribution is 2.30. The first-order chi connectivity index (χ1) is 9.88. The van der Waals surface area contributed by atoms with Gasteiger partial charge in [-0.2, -0.15) is 0 Å². The second-order valence-electron chi connectivity index (χ2n) is 4.59. The monoisotopic (exact) mass is 264 g/mol. The first kappa shape index (κ1) is 12.6. The van der Waals surface area contributed by atoms with Crippen LogP contribution in [0.1, 0.15) is 5.56 Å². The third-order valence-corrected chi connectivity index (χ3v) is 3.21. The number of hydrogen-bond acceptors (Lipinski definition) is 3. The Balaban J connectivity index is 2.01. The van der Waals surface area contributed by atoms with Crippen molar-refractivity contribution >= 4 is 10.8 Å². The summed E-state index contributed by atoms with van der Waals surface area (Å²) in [5.41, 5.74) is 1.09. The predicted octanol–water partition coefficient (Wildman–Crippen LogP) is 3.75. The van der Waals surface area contributed by atoms with E-state index in [0.29, 0.717) is 0 Å². The van der Waals surface area contributed by atoms with Crippen molar-refractivity contribution in [2.45, 2.75) is 6.54 Å². The molecule has 0 aliphatic heterocycles. The van der Waals surface area contributed by atoms with Crippen molar-refractivity contribution in [2.75, 3.05) is 7.05 Å². The van der Waals surface area contributed by atoms with Crippen LogP contribution in [0.3, 0.4) is 0 Å². The summed E-state index contributed by atoms with van der Waals surface area (Å²) in [5, 5.41) is 5.42. The van der Waals surface area contributed by atoms with E-state index in [1.54, 1.807) is 12.4 Å². The number of fused-ring (bicyclic) bond motifs is 1. The third-order valence-electron chi connectivity index (χ3n) is 3.21. The summed E-state index contributed by atoms with van der Waals surface area (Å²) in [6, 6.07) is 16.2. The highest BCUT2D eigenvalue weighted by Gasteiger charge is 2.07. The number of rotatable bonds is 4. The molecule has 0 atom stereocenters. The van der Waals surface area contributed by atoms with E-state index in [2.05, 4.69) is 28.5 Å². The third kappa shape index (κ3) is 2.49. The zero-order valence-corrected chi connectivity index (χ0v) is 11.3. The average molecular weight is 264 g/mol. The zero-order chi connectivity index (χ0) is 13.8. The maximum Gasteiger partial charge on any atom is 0.150 e. The molecule has 1 N–H and O–H groups in total.